The lowest BCUT2D eigenvalue weighted by Gasteiger charge is -1.99. The minimum absolute atomic E-state index is 0.319. The average Bonchev–Trinajstić information content (AvgIpc) is 1.88. The summed E-state index contributed by atoms with van der Waals surface area (Å²) in [4.78, 5) is 2.85. The number of hydrogen-bond donors (Lipinski definition) is 2. The molecule has 0 unspecified atom stereocenters. The molecular formula is C6H5ClFNS. The normalized spacial score (nSPS) is 9.50. The van der Waals surface area contributed by atoms with E-state index in [1.165, 1.54) is 18.2 Å². The Labute approximate surface area is 68.7 Å². The largest absolute Gasteiger partial charge is 0.297 e. The second-order valence-electron chi connectivity index (χ2n) is 1.76. The molecule has 0 aliphatic carbocycles. The van der Waals surface area contributed by atoms with Crippen molar-refractivity contribution in [3.63, 3.8) is 0 Å². The maximum absolute atomic E-state index is 12.4. The number of thiol groups is 1. The monoisotopic (exact) mass is 177 g/mol. The second kappa shape index (κ2) is 3.12. The van der Waals surface area contributed by atoms with Crippen molar-refractivity contribution >= 4 is 30.1 Å². The third kappa shape index (κ3) is 1.55. The molecule has 54 valence electrons. The van der Waals surface area contributed by atoms with Crippen LogP contribution in [0.15, 0.2) is 23.1 Å². The summed E-state index contributed by atoms with van der Waals surface area (Å²) >= 11 is 9.22. The quantitative estimate of drug-likeness (QED) is 0.497. The van der Waals surface area contributed by atoms with E-state index >= 15 is 0 Å². The van der Waals surface area contributed by atoms with Crippen LogP contribution in [-0.4, -0.2) is 0 Å². The van der Waals surface area contributed by atoms with Crippen LogP contribution in [0.2, 0.25) is 0 Å². The zero-order valence-electron chi connectivity index (χ0n) is 4.94. The van der Waals surface area contributed by atoms with Gasteiger partial charge in [0.1, 0.15) is 5.82 Å². The molecule has 1 nitrogen and oxygen atoms in total. The first-order chi connectivity index (χ1) is 4.74. The molecule has 0 aromatic heterocycles. The van der Waals surface area contributed by atoms with Gasteiger partial charge in [-0.25, -0.2) is 4.39 Å². The van der Waals surface area contributed by atoms with Crippen LogP contribution in [0.3, 0.4) is 0 Å². The highest BCUT2D eigenvalue weighted by Crippen LogP contribution is 2.20. The van der Waals surface area contributed by atoms with E-state index in [9.17, 15) is 4.39 Å². The molecule has 1 rings (SSSR count). The predicted molar refractivity (Wildman–Crippen MR) is 43.1 cm³/mol. The molecule has 0 fully saturated rings. The first-order valence-electron chi connectivity index (χ1n) is 2.59. The molecular weight excluding hydrogens is 173 g/mol. The molecule has 0 saturated heterocycles. The molecule has 10 heavy (non-hydrogen) atoms. The molecule has 0 bridgehead atoms. The van der Waals surface area contributed by atoms with Crippen LogP contribution in [0.5, 0.6) is 0 Å². The molecule has 1 aromatic carbocycles. The molecule has 0 amide bonds. The van der Waals surface area contributed by atoms with Crippen molar-refractivity contribution in [1.82, 2.24) is 0 Å². The number of anilines is 1. The summed E-state index contributed by atoms with van der Waals surface area (Å²) < 4.78 is 12.4. The molecule has 0 radical (unpaired) electrons. The topological polar surface area (TPSA) is 12.0 Å². The van der Waals surface area contributed by atoms with E-state index in [0.29, 0.717) is 10.6 Å². The summed E-state index contributed by atoms with van der Waals surface area (Å²) in [5, 5.41) is 0. The van der Waals surface area contributed by atoms with Crippen molar-refractivity contribution < 1.29 is 4.39 Å². The number of rotatable bonds is 1. The van der Waals surface area contributed by atoms with Crippen molar-refractivity contribution in [2.75, 3.05) is 4.84 Å². The van der Waals surface area contributed by atoms with Crippen LogP contribution in [0, 0.1) is 5.82 Å². The number of hydrogen-bond acceptors (Lipinski definition) is 2. The maximum Gasteiger partial charge on any atom is 0.124 e. The van der Waals surface area contributed by atoms with E-state index in [1.807, 2.05) is 0 Å². The van der Waals surface area contributed by atoms with Gasteiger partial charge in [0.25, 0.3) is 0 Å². The molecule has 0 saturated carbocycles. The summed E-state index contributed by atoms with van der Waals surface area (Å²) in [6.45, 7) is 0. The van der Waals surface area contributed by atoms with Gasteiger partial charge in [0, 0.05) is 16.7 Å². The lowest BCUT2D eigenvalue weighted by atomic mass is 10.3. The van der Waals surface area contributed by atoms with Gasteiger partial charge in [0.05, 0.1) is 5.69 Å². The molecule has 0 aliphatic heterocycles. The third-order valence-electron chi connectivity index (χ3n) is 1.06. The third-order valence-corrected chi connectivity index (χ3v) is 1.64. The number of halogens is 2. The van der Waals surface area contributed by atoms with Crippen molar-refractivity contribution in [3.8, 4) is 0 Å². The van der Waals surface area contributed by atoms with E-state index in [0.717, 1.165) is 0 Å². The zero-order chi connectivity index (χ0) is 7.56. The summed E-state index contributed by atoms with van der Waals surface area (Å²) in [5.74, 6) is -0.319. The van der Waals surface area contributed by atoms with Gasteiger partial charge in [0.15, 0.2) is 0 Å². The molecule has 0 heterocycles. The summed E-state index contributed by atoms with van der Waals surface area (Å²) in [6, 6.07) is 4.11. The first kappa shape index (κ1) is 7.69. The lowest BCUT2D eigenvalue weighted by molar-refractivity contribution is 0.625. The standard InChI is InChI=1S/C6H5ClFNS/c7-9-5-2-1-4(8)3-6(5)10/h1-3,9-10H. The SMILES string of the molecule is Fc1ccc(NCl)c(S)c1. The fourth-order valence-corrected chi connectivity index (χ4v) is 1.07. The van der Waals surface area contributed by atoms with Crippen LogP contribution < -0.4 is 4.84 Å². The van der Waals surface area contributed by atoms with Crippen molar-refractivity contribution in [1.29, 1.82) is 0 Å². The van der Waals surface area contributed by atoms with E-state index in [4.69, 9.17) is 11.8 Å². The minimum atomic E-state index is -0.319. The van der Waals surface area contributed by atoms with Crippen LogP contribution in [0.4, 0.5) is 10.1 Å². The van der Waals surface area contributed by atoms with Crippen LogP contribution in [0.25, 0.3) is 0 Å². The molecule has 0 spiro atoms. The summed E-state index contributed by atoms with van der Waals surface area (Å²) in [5.41, 5.74) is 0.603. The Balaban J connectivity index is 3.07. The second-order valence-corrected chi connectivity index (χ2v) is 2.43. The Morgan fingerprint density at radius 1 is 1.50 bits per heavy atom. The highest BCUT2D eigenvalue weighted by molar-refractivity contribution is 7.80. The Bertz CT molecular complexity index is 241. The lowest BCUT2D eigenvalue weighted by Crippen LogP contribution is -1.83. The van der Waals surface area contributed by atoms with Crippen LogP contribution >= 0.6 is 24.4 Å². The molecule has 4 heteroatoms. The number of nitrogens with one attached hydrogen (secondary N) is 1. The average molecular weight is 178 g/mol. The van der Waals surface area contributed by atoms with E-state index in [1.54, 1.807) is 0 Å². The van der Waals surface area contributed by atoms with Gasteiger partial charge in [-0.05, 0) is 18.2 Å². The van der Waals surface area contributed by atoms with E-state index in [2.05, 4.69) is 17.5 Å². The molecule has 0 aliphatic rings. The maximum atomic E-state index is 12.4. The fraction of sp³-hybridized carbons (Fsp3) is 0. The van der Waals surface area contributed by atoms with Crippen molar-refractivity contribution in [3.05, 3.63) is 24.0 Å². The number of benzene rings is 1. The predicted octanol–water partition coefficient (Wildman–Crippen LogP) is 2.68. The summed E-state index contributed by atoms with van der Waals surface area (Å²) in [6.07, 6.45) is 0. The Kier molecular flexibility index (Phi) is 2.40. The van der Waals surface area contributed by atoms with E-state index < -0.39 is 0 Å². The summed E-state index contributed by atoms with van der Waals surface area (Å²) in [7, 11) is 0. The van der Waals surface area contributed by atoms with Gasteiger partial charge >= 0.3 is 0 Å². The van der Waals surface area contributed by atoms with Gasteiger partial charge in [-0.1, -0.05) is 0 Å². The Morgan fingerprint density at radius 3 is 2.70 bits per heavy atom. The van der Waals surface area contributed by atoms with Crippen molar-refractivity contribution in [2.45, 2.75) is 4.90 Å². The van der Waals surface area contributed by atoms with Crippen LogP contribution in [0.1, 0.15) is 0 Å². The Hall–Kier alpha value is -0.410. The smallest absolute Gasteiger partial charge is 0.124 e. The van der Waals surface area contributed by atoms with Gasteiger partial charge in [-0.2, -0.15) is 0 Å². The van der Waals surface area contributed by atoms with Crippen molar-refractivity contribution in [2.24, 2.45) is 0 Å². The molecule has 1 N–H and O–H groups in total. The zero-order valence-corrected chi connectivity index (χ0v) is 6.59. The fourth-order valence-electron chi connectivity index (χ4n) is 0.585. The Morgan fingerprint density at radius 2 is 2.20 bits per heavy atom. The minimum Gasteiger partial charge on any atom is -0.297 e. The van der Waals surface area contributed by atoms with Crippen LogP contribution in [-0.2, 0) is 0 Å². The van der Waals surface area contributed by atoms with Gasteiger partial charge in [0.2, 0.25) is 0 Å². The molecule has 1 aromatic rings. The highest BCUT2D eigenvalue weighted by Gasteiger charge is 1.97. The molecule has 0 atom stereocenters. The van der Waals surface area contributed by atoms with E-state index in [-0.39, 0.29) is 5.82 Å². The van der Waals surface area contributed by atoms with Gasteiger partial charge in [-0.15, -0.1) is 12.6 Å². The first-order valence-corrected chi connectivity index (χ1v) is 3.41. The van der Waals surface area contributed by atoms with Gasteiger partial charge < -0.3 is 0 Å². The van der Waals surface area contributed by atoms with Gasteiger partial charge in [-0.3, -0.25) is 4.84 Å². The highest BCUT2D eigenvalue weighted by atomic mass is 35.5.